The number of halogens is 1. The first-order chi connectivity index (χ1) is 14.6. The highest BCUT2D eigenvalue weighted by molar-refractivity contribution is 5.75. The molecule has 156 valence electrons. The molecule has 4 rings (SSSR count). The summed E-state index contributed by atoms with van der Waals surface area (Å²) in [4.78, 5) is 28.9. The van der Waals surface area contributed by atoms with E-state index in [2.05, 4.69) is 15.4 Å². The molecule has 3 aromatic rings. The van der Waals surface area contributed by atoms with Crippen LogP contribution in [0, 0.1) is 5.82 Å². The number of rotatable bonds is 6. The van der Waals surface area contributed by atoms with Crippen LogP contribution in [0.2, 0.25) is 0 Å². The smallest absolute Gasteiger partial charge is 0.346 e. The maximum atomic E-state index is 13.0. The van der Waals surface area contributed by atoms with Crippen molar-refractivity contribution in [1.82, 2.24) is 24.6 Å². The summed E-state index contributed by atoms with van der Waals surface area (Å²) >= 11 is 0. The third-order valence-electron chi connectivity index (χ3n) is 4.90. The van der Waals surface area contributed by atoms with Gasteiger partial charge >= 0.3 is 5.69 Å². The third-order valence-corrected chi connectivity index (χ3v) is 4.90. The first-order valence-corrected chi connectivity index (χ1v) is 9.90. The Bertz CT molecular complexity index is 1090. The number of hydrogen-bond donors (Lipinski definition) is 1. The SMILES string of the molecule is O=C(Cn1nc2n(c1=O)CCCCC2)NCc1ccnc(Oc2ccc(F)cc2)c1. The molecule has 0 saturated heterocycles. The van der Waals surface area contributed by atoms with Crippen molar-refractivity contribution in [1.29, 1.82) is 0 Å². The molecule has 2 aromatic heterocycles. The number of amides is 1. The summed E-state index contributed by atoms with van der Waals surface area (Å²) in [5.74, 6) is 0.900. The van der Waals surface area contributed by atoms with Gasteiger partial charge in [-0.15, -0.1) is 0 Å². The molecular formula is C21H22FN5O3. The van der Waals surface area contributed by atoms with Gasteiger partial charge in [-0.1, -0.05) is 6.42 Å². The maximum absolute atomic E-state index is 13.0. The van der Waals surface area contributed by atoms with Crippen LogP contribution < -0.4 is 15.7 Å². The summed E-state index contributed by atoms with van der Waals surface area (Å²) < 4.78 is 21.5. The van der Waals surface area contributed by atoms with Crippen LogP contribution in [0.4, 0.5) is 4.39 Å². The molecule has 1 aliphatic rings. The second kappa shape index (κ2) is 8.89. The van der Waals surface area contributed by atoms with Crippen LogP contribution in [-0.2, 0) is 30.8 Å². The van der Waals surface area contributed by atoms with Gasteiger partial charge in [-0.05, 0) is 48.7 Å². The van der Waals surface area contributed by atoms with E-state index in [9.17, 15) is 14.0 Å². The van der Waals surface area contributed by atoms with E-state index in [1.807, 2.05) is 0 Å². The predicted molar refractivity (Wildman–Crippen MR) is 107 cm³/mol. The number of ether oxygens (including phenoxy) is 1. The van der Waals surface area contributed by atoms with Gasteiger partial charge in [0.1, 0.15) is 23.9 Å². The molecule has 1 aliphatic heterocycles. The van der Waals surface area contributed by atoms with Crippen LogP contribution in [0.3, 0.4) is 0 Å². The Kier molecular flexibility index (Phi) is 5.87. The zero-order chi connectivity index (χ0) is 20.9. The predicted octanol–water partition coefficient (Wildman–Crippen LogP) is 2.41. The number of carbonyl (C=O) groups is 1. The second-order valence-electron chi connectivity index (χ2n) is 7.15. The Hall–Kier alpha value is -3.49. The lowest BCUT2D eigenvalue weighted by Crippen LogP contribution is -2.33. The lowest BCUT2D eigenvalue weighted by atomic mass is 10.2. The van der Waals surface area contributed by atoms with Crippen LogP contribution in [0.15, 0.2) is 47.4 Å². The Morgan fingerprint density at radius 3 is 2.83 bits per heavy atom. The van der Waals surface area contributed by atoms with Crippen molar-refractivity contribution in [3.63, 3.8) is 0 Å². The highest BCUT2D eigenvalue weighted by Crippen LogP contribution is 2.20. The fourth-order valence-corrected chi connectivity index (χ4v) is 3.36. The number of pyridine rings is 1. The lowest BCUT2D eigenvalue weighted by molar-refractivity contribution is -0.122. The third kappa shape index (κ3) is 4.73. The van der Waals surface area contributed by atoms with Gasteiger partial charge in [0.05, 0.1) is 0 Å². The van der Waals surface area contributed by atoms with E-state index >= 15 is 0 Å². The Morgan fingerprint density at radius 1 is 1.17 bits per heavy atom. The number of nitrogens with one attached hydrogen (secondary N) is 1. The number of aryl methyl sites for hydroxylation is 1. The van der Waals surface area contributed by atoms with Crippen molar-refractivity contribution < 1.29 is 13.9 Å². The normalized spacial score (nSPS) is 13.4. The standard InChI is InChI=1S/C21H22FN5O3/c22-16-5-7-17(8-6-16)30-20-12-15(9-10-23-20)13-24-19(28)14-27-21(29)26-11-3-1-2-4-18(26)25-27/h5-10,12H,1-4,11,13-14H2,(H,24,28). The van der Waals surface area contributed by atoms with Gasteiger partial charge in [-0.25, -0.2) is 18.9 Å². The van der Waals surface area contributed by atoms with Gasteiger partial charge in [-0.3, -0.25) is 9.36 Å². The summed E-state index contributed by atoms with van der Waals surface area (Å²) in [6.07, 6.45) is 5.37. The largest absolute Gasteiger partial charge is 0.439 e. The van der Waals surface area contributed by atoms with Crippen molar-refractivity contribution in [3.8, 4) is 11.6 Å². The van der Waals surface area contributed by atoms with Crippen LogP contribution in [0.5, 0.6) is 11.6 Å². The summed E-state index contributed by atoms with van der Waals surface area (Å²) in [6.45, 7) is 0.788. The zero-order valence-electron chi connectivity index (χ0n) is 16.4. The molecule has 0 saturated carbocycles. The first-order valence-electron chi connectivity index (χ1n) is 9.90. The molecule has 30 heavy (non-hydrogen) atoms. The van der Waals surface area contributed by atoms with Crippen molar-refractivity contribution in [2.45, 2.75) is 45.3 Å². The average Bonchev–Trinajstić information content (AvgIpc) is 2.90. The van der Waals surface area contributed by atoms with Gasteiger partial charge < -0.3 is 10.1 Å². The van der Waals surface area contributed by atoms with Crippen molar-refractivity contribution in [2.75, 3.05) is 0 Å². The first kappa shape index (κ1) is 19.8. The Morgan fingerprint density at radius 2 is 2.00 bits per heavy atom. The van der Waals surface area contributed by atoms with Crippen LogP contribution in [0.25, 0.3) is 0 Å². The molecule has 0 atom stereocenters. The molecule has 8 nitrogen and oxygen atoms in total. The zero-order valence-corrected chi connectivity index (χ0v) is 16.4. The number of hydrogen-bond acceptors (Lipinski definition) is 5. The van der Waals surface area contributed by atoms with Gasteiger partial charge in [0, 0.05) is 31.8 Å². The second-order valence-corrected chi connectivity index (χ2v) is 7.15. The maximum Gasteiger partial charge on any atom is 0.346 e. The van der Waals surface area contributed by atoms with E-state index in [0.717, 1.165) is 37.1 Å². The number of carbonyl (C=O) groups excluding carboxylic acids is 1. The number of aromatic nitrogens is 4. The van der Waals surface area contributed by atoms with Gasteiger partial charge in [-0.2, -0.15) is 5.10 Å². The Labute approximate surface area is 172 Å². The summed E-state index contributed by atoms with van der Waals surface area (Å²) in [5, 5.41) is 7.11. The number of fused-ring (bicyclic) bond motifs is 1. The fourth-order valence-electron chi connectivity index (χ4n) is 3.36. The van der Waals surface area contributed by atoms with Crippen molar-refractivity contribution in [2.24, 2.45) is 0 Å². The van der Waals surface area contributed by atoms with E-state index in [4.69, 9.17) is 4.74 Å². The molecule has 9 heteroatoms. The van der Waals surface area contributed by atoms with Gasteiger partial charge in [0.15, 0.2) is 0 Å². The average molecular weight is 411 g/mol. The van der Waals surface area contributed by atoms with E-state index < -0.39 is 0 Å². The highest BCUT2D eigenvalue weighted by atomic mass is 19.1. The lowest BCUT2D eigenvalue weighted by Gasteiger charge is -2.08. The molecule has 0 fully saturated rings. The van der Waals surface area contributed by atoms with Gasteiger partial charge in [0.25, 0.3) is 0 Å². The molecule has 3 heterocycles. The monoisotopic (exact) mass is 411 g/mol. The minimum absolute atomic E-state index is 0.122. The van der Waals surface area contributed by atoms with Gasteiger partial charge in [0.2, 0.25) is 11.8 Å². The van der Waals surface area contributed by atoms with E-state index in [1.165, 1.54) is 28.9 Å². The molecule has 0 spiro atoms. The highest BCUT2D eigenvalue weighted by Gasteiger charge is 2.17. The van der Waals surface area contributed by atoms with Crippen LogP contribution >= 0.6 is 0 Å². The summed E-state index contributed by atoms with van der Waals surface area (Å²) in [6, 6.07) is 9.07. The topological polar surface area (TPSA) is 91.0 Å². The molecule has 0 radical (unpaired) electrons. The molecule has 0 bridgehead atoms. The fraction of sp³-hybridized carbons (Fsp3) is 0.333. The van der Waals surface area contributed by atoms with E-state index in [1.54, 1.807) is 22.9 Å². The molecule has 0 aliphatic carbocycles. The molecule has 1 N–H and O–H groups in total. The summed E-state index contributed by atoms with van der Waals surface area (Å²) in [7, 11) is 0. The number of benzene rings is 1. The molecular weight excluding hydrogens is 389 g/mol. The van der Waals surface area contributed by atoms with E-state index in [-0.39, 0.29) is 30.5 Å². The van der Waals surface area contributed by atoms with Crippen molar-refractivity contribution >= 4 is 5.91 Å². The van der Waals surface area contributed by atoms with Crippen molar-refractivity contribution in [3.05, 3.63) is 70.3 Å². The van der Waals surface area contributed by atoms with Crippen LogP contribution in [0.1, 0.15) is 30.7 Å². The summed E-state index contributed by atoms with van der Waals surface area (Å²) in [5.41, 5.74) is 0.546. The minimum atomic E-state index is -0.347. The van der Waals surface area contributed by atoms with Crippen LogP contribution in [-0.4, -0.2) is 25.2 Å². The molecule has 1 aromatic carbocycles. The van der Waals surface area contributed by atoms with E-state index in [0.29, 0.717) is 18.2 Å². The quantitative estimate of drug-likeness (QED) is 0.673. The Balaban J connectivity index is 1.35. The minimum Gasteiger partial charge on any atom is -0.439 e. The molecule has 0 unspecified atom stereocenters. The number of nitrogens with zero attached hydrogens (tertiary/aromatic N) is 4. The molecule has 1 amide bonds.